The Morgan fingerprint density at radius 3 is 2.82 bits per heavy atom. The molecular weight excluding hydrogens is 212 g/mol. The van der Waals surface area contributed by atoms with Gasteiger partial charge >= 0.3 is 0 Å². The van der Waals surface area contributed by atoms with E-state index in [9.17, 15) is 0 Å². The maximum absolute atomic E-state index is 5.79. The number of fused-ring (bicyclic) bond motifs is 1. The van der Waals surface area contributed by atoms with Crippen molar-refractivity contribution in [3.63, 3.8) is 0 Å². The Labute approximate surface area is 104 Å². The number of ether oxygens (including phenoxy) is 1. The summed E-state index contributed by atoms with van der Waals surface area (Å²) in [5.41, 5.74) is 9.43. The number of hydrogen-bond acceptors (Lipinski definition) is 3. The van der Waals surface area contributed by atoms with Crippen molar-refractivity contribution in [2.75, 3.05) is 25.5 Å². The SMILES string of the molecule is CC(C)COCCN1Cc2ccc(N)cc2C1. The summed E-state index contributed by atoms with van der Waals surface area (Å²) in [4.78, 5) is 2.41. The van der Waals surface area contributed by atoms with Crippen LogP contribution in [-0.2, 0) is 17.8 Å². The largest absolute Gasteiger partial charge is 0.399 e. The smallest absolute Gasteiger partial charge is 0.0593 e. The molecule has 0 aromatic heterocycles. The Kier molecular flexibility index (Phi) is 4.02. The summed E-state index contributed by atoms with van der Waals surface area (Å²) in [6, 6.07) is 6.21. The first-order valence-electron chi connectivity index (χ1n) is 6.32. The van der Waals surface area contributed by atoms with Gasteiger partial charge in [0.2, 0.25) is 0 Å². The normalized spacial score (nSPS) is 15.5. The van der Waals surface area contributed by atoms with Gasteiger partial charge in [0.25, 0.3) is 0 Å². The van der Waals surface area contributed by atoms with Gasteiger partial charge in [0, 0.05) is 31.9 Å². The van der Waals surface area contributed by atoms with Crippen LogP contribution in [0.2, 0.25) is 0 Å². The molecule has 0 atom stereocenters. The molecule has 1 aromatic carbocycles. The van der Waals surface area contributed by atoms with Crippen LogP contribution in [0, 0.1) is 5.92 Å². The summed E-state index contributed by atoms with van der Waals surface area (Å²) < 4.78 is 5.61. The van der Waals surface area contributed by atoms with E-state index in [2.05, 4.69) is 30.9 Å². The molecule has 2 N–H and O–H groups in total. The molecule has 3 heteroatoms. The van der Waals surface area contributed by atoms with Crippen molar-refractivity contribution in [2.24, 2.45) is 5.92 Å². The molecule has 1 aliphatic rings. The van der Waals surface area contributed by atoms with E-state index in [1.54, 1.807) is 0 Å². The van der Waals surface area contributed by atoms with Crippen LogP contribution in [0.3, 0.4) is 0 Å². The van der Waals surface area contributed by atoms with Crippen LogP contribution in [0.15, 0.2) is 18.2 Å². The minimum atomic E-state index is 0.616. The first-order valence-corrected chi connectivity index (χ1v) is 6.32. The predicted octanol–water partition coefficient (Wildman–Crippen LogP) is 2.26. The summed E-state index contributed by atoms with van der Waals surface area (Å²) in [5.74, 6) is 0.616. The van der Waals surface area contributed by atoms with Gasteiger partial charge in [-0.15, -0.1) is 0 Å². The van der Waals surface area contributed by atoms with E-state index in [1.165, 1.54) is 11.1 Å². The first kappa shape index (κ1) is 12.4. The molecule has 1 aromatic rings. The van der Waals surface area contributed by atoms with Gasteiger partial charge in [0.1, 0.15) is 0 Å². The molecule has 0 fully saturated rings. The maximum atomic E-state index is 5.79. The van der Waals surface area contributed by atoms with Crippen molar-refractivity contribution in [1.29, 1.82) is 0 Å². The second-order valence-electron chi connectivity index (χ2n) is 5.21. The van der Waals surface area contributed by atoms with E-state index in [1.807, 2.05) is 6.07 Å². The van der Waals surface area contributed by atoms with Crippen molar-refractivity contribution in [1.82, 2.24) is 4.90 Å². The Morgan fingerprint density at radius 2 is 2.06 bits per heavy atom. The van der Waals surface area contributed by atoms with E-state index < -0.39 is 0 Å². The van der Waals surface area contributed by atoms with E-state index in [-0.39, 0.29) is 0 Å². The molecule has 0 saturated heterocycles. The zero-order valence-electron chi connectivity index (χ0n) is 10.8. The van der Waals surface area contributed by atoms with Gasteiger partial charge in [0.15, 0.2) is 0 Å². The van der Waals surface area contributed by atoms with E-state index in [0.717, 1.165) is 38.5 Å². The van der Waals surface area contributed by atoms with Gasteiger partial charge in [0.05, 0.1) is 6.61 Å². The number of benzene rings is 1. The van der Waals surface area contributed by atoms with E-state index in [0.29, 0.717) is 5.92 Å². The lowest BCUT2D eigenvalue weighted by atomic mass is 10.1. The molecule has 0 bridgehead atoms. The van der Waals surface area contributed by atoms with Gasteiger partial charge in [-0.05, 0) is 29.2 Å². The molecule has 0 spiro atoms. The zero-order chi connectivity index (χ0) is 12.3. The number of rotatable bonds is 5. The zero-order valence-corrected chi connectivity index (χ0v) is 10.8. The fourth-order valence-corrected chi connectivity index (χ4v) is 2.16. The molecule has 94 valence electrons. The highest BCUT2D eigenvalue weighted by Crippen LogP contribution is 2.24. The molecule has 2 rings (SSSR count). The van der Waals surface area contributed by atoms with Crippen molar-refractivity contribution in [3.05, 3.63) is 29.3 Å². The second-order valence-corrected chi connectivity index (χ2v) is 5.21. The topological polar surface area (TPSA) is 38.5 Å². The van der Waals surface area contributed by atoms with Crippen LogP contribution in [0.4, 0.5) is 5.69 Å². The molecule has 1 aliphatic heterocycles. The van der Waals surface area contributed by atoms with Crippen molar-refractivity contribution in [2.45, 2.75) is 26.9 Å². The summed E-state index contributed by atoms with van der Waals surface area (Å²) in [7, 11) is 0. The highest BCUT2D eigenvalue weighted by molar-refractivity contribution is 5.46. The highest BCUT2D eigenvalue weighted by Gasteiger charge is 2.18. The number of anilines is 1. The Morgan fingerprint density at radius 1 is 1.29 bits per heavy atom. The quantitative estimate of drug-likeness (QED) is 0.627. The van der Waals surface area contributed by atoms with E-state index >= 15 is 0 Å². The van der Waals surface area contributed by atoms with E-state index in [4.69, 9.17) is 10.5 Å². The van der Waals surface area contributed by atoms with Crippen LogP contribution in [0.25, 0.3) is 0 Å². The second kappa shape index (κ2) is 5.52. The van der Waals surface area contributed by atoms with Gasteiger partial charge in [-0.25, -0.2) is 0 Å². The van der Waals surface area contributed by atoms with Crippen molar-refractivity contribution in [3.8, 4) is 0 Å². The van der Waals surface area contributed by atoms with Gasteiger partial charge in [-0.3, -0.25) is 4.90 Å². The van der Waals surface area contributed by atoms with Crippen LogP contribution in [0.1, 0.15) is 25.0 Å². The van der Waals surface area contributed by atoms with Gasteiger partial charge in [-0.1, -0.05) is 19.9 Å². The summed E-state index contributed by atoms with van der Waals surface area (Å²) >= 11 is 0. The Hall–Kier alpha value is -1.06. The van der Waals surface area contributed by atoms with Crippen LogP contribution < -0.4 is 5.73 Å². The molecule has 1 heterocycles. The lowest BCUT2D eigenvalue weighted by molar-refractivity contribution is 0.0848. The molecule has 3 nitrogen and oxygen atoms in total. The minimum absolute atomic E-state index is 0.616. The molecular formula is C14H22N2O. The number of nitrogens with two attached hydrogens (primary N) is 1. The standard InChI is InChI=1S/C14H22N2O/c1-11(2)10-17-6-5-16-8-12-3-4-14(15)7-13(12)9-16/h3-4,7,11H,5-6,8-10,15H2,1-2H3. The molecule has 0 unspecified atom stereocenters. The molecule has 0 amide bonds. The Balaban J connectivity index is 1.76. The summed E-state index contributed by atoms with van der Waals surface area (Å²) in [6.07, 6.45) is 0. The first-order chi connectivity index (χ1) is 8.15. The lowest BCUT2D eigenvalue weighted by Gasteiger charge is -2.15. The summed E-state index contributed by atoms with van der Waals surface area (Å²) in [6.45, 7) is 9.06. The number of nitrogen functional groups attached to an aromatic ring is 1. The molecule has 0 radical (unpaired) electrons. The lowest BCUT2D eigenvalue weighted by Crippen LogP contribution is -2.22. The Bertz CT molecular complexity index is 376. The minimum Gasteiger partial charge on any atom is -0.399 e. The van der Waals surface area contributed by atoms with Crippen LogP contribution >= 0.6 is 0 Å². The molecule has 17 heavy (non-hydrogen) atoms. The van der Waals surface area contributed by atoms with Gasteiger partial charge < -0.3 is 10.5 Å². The van der Waals surface area contributed by atoms with Crippen molar-refractivity contribution >= 4 is 5.69 Å². The average Bonchev–Trinajstić information content (AvgIpc) is 2.66. The molecule has 0 saturated carbocycles. The monoisotopic (exact) mass is 234 g/mol. The third-order valence-electron chi connectivity index (χ3n) is 3.02. The van der Waals surface area contributed by atoms with Crippen molar-refractivity contribution < 1.29 is 4.74 Å². The molecule has 0 aliphatic carbocycles. The predicted molar refractivity (Wildman–Crippen MR) is 70.6 cm³/mol. The van der Waals surface area contributed by atoms with Crippen LogP contribution in [0.5, 0.6) is 0 Å². The third kappa shape index (κ3) is 3.45. The fraction of sp³-hybridized carbons (Fsp3) is 0.571. The number of hydrogen-bond donors (Lipinski definition) is 1. The maximum Gasteiger partial charge on any atom is 0.0593 e. The third-order valence-corrected chi connectivity index (χ3v) is 3.02. The summed E-state index contributed by atoms with van der Waals surface area (Å²) in [5, 5.41) is 0. The van der Waals surface area contributed by atoms with Gasteiger partial charge in [-0.2, -0.15) is 0 Å². The highest BCUT2D eigenvalue weighted by atomic mass is 16.5. The fourth-order valence-electron chi connectivity index (χ4n) is 2.16. The van der Waals surface area contributed by atoms with Crippen LogP contribution in [-0.4, -0.2) is 24.7 Å². The number of nitrogens with zero attached hydrogens (tertiary/aromatic N) is 1. The average molecular weight is 234 g/mol.